The van der Waals surface area contributed by atoms with Crippen molar-refractivity contribution in [2.24, 2.45) is 23.5 Å². The van der Waals surface area contributed by atoms with E-state index in [0.29, 0.717) is 22.7 Å². The molecule has 1 saturated heterocycles. The molecule has 1 amide bonds. The molecule has 0 bridgehead atoms. The van der Waals surface area contributed by atoms with Crippen molar-refractivity contribution in [3.8, 4) is 0 Å². The number of carbonyl (C=O) groups is 1. The van der Waals surface area contributed by atoms with E-state index in [1.807, 2.05) is 20.8 Å². The van der Waals surface area contributed by atoms with Crippen molar-refractivity contribution in [3.05, 3.63) is 0 Å². The summed E-state index contributed by atoms with van der Waals surface area (Å²) in [6.07, 6.45) is -0.221. The lowest BCUT2D eigenvalue weighted by molar-refractivity contribution is 0.0270. The molecule has 1 heterocycles. The molecular formula is C11H18N2O2S. The van der Waals surface area contributed by atoms with Crippen molar-refractivity contribution in [2.45, 2.75) is 26.4 Å². The summed E-state index contributed by atoms with van der Waals surface area (Å²) in [5.74, 6) is 1.31. The Bertz CT molecular complexity index is 325. The van der Waals surface area contributed by atoms with Crippen LogP contribution in [0.5, 0.6) is 0 Å². The molecule has 0 aromatic heterocycles. The van der Waals surface area contributed by atoms with Gasteiger partial charge in [0, 0.05) is 19.0 Å². The normalized spacial score (nSPS) is 32.2. The summed E-state index contributed by atoms with van der Waals surface area (Å²) in [5.41, 5.74) is 5.18. The van der Waals surface area contributed by atoms with Crippen molar-refractivity contribution in [1.82, 2.24) is 4.90 Å². The van der Waals surface area contributed by atoms with E-state index in [4.69, 9.17) is 22.7 Å². The summed E-state index contributed by atoms with van der Waals surface area (Å²) >= 11 is 4.97. The van der Waals surface area contributed by atoms with Crippen molar-refractivity contribution < 1.29 is 9.53 Å². The first kappa shape index (κ1) is 11.6. The van der Waals surface area contributed by atoms with E-state index in [1.165, 1.54) is 0 Å². The molecule has 0 aromatic carbocycles. The number of hydrogen-bond acceptors (Lipinski definition) is 3. The maximum absolute atomic E-state index is 11.7. The van der Waals surface area contributed by atoms with Gasteiger partial charge in [0.2, 0.25) is 0 Å². The van der Waals surface area contributed by atoms with E-state index in [2.05, 4.69) is 0 Å². The molecule has 0 radical (unpaired) electrons. The van der Waals surface area contributed by atoms with Gasteiger partial charge in [0.15, 0.2) is 0 Å². The predicted molar refractivity (Wildman–Crippen MR) is 65.1 cm³/mol. The Hall–Kier alpha value is -0.840. The number of amides is 1. The van der Waals surface area contributed by atoms with E-state index in [9.17, 15) is 4.79 Å². The quantitative estimate of drug-likeness (QED) is 0.706. The van der Waals surface area contributed by atoms with Gasteiger partial charge in [0.25, 0.3) is 0 Å². The van der Waals surface area contributed by atoms with E-state index in [1.54, 1.807) is 4.90 Å². The first-order valence-corrected chi connectivity index (χ1v) is 5.97. The third-order valence-electron chi connectivity index (χ3n) is 3.17. The number of piperidine rings is 1. The van der Waals surface area contributed by atoms with Crippen molar-refractivity contribution in [2.75, 3.05) is 13.1 Å². The van der Waals surface area contributed by atoms with Crippen LogP contribution in [0.1, 0.15) is 20.8 Å². The number of fused-ring (bicyclic) bond motifs is 1. The average molecular weight is 242 g/mol. The van der Waals surface area contributed by atoms with Crippen LogP contribution in [0.15, 0.2) is 0 Å². The molecule has 0 spiro atoms. The molecule has 2 fully saturated rings. The fourth-order valence-electron chi connectivity index (χ4n) is 2.42. The van der Waals surface area contributed by atoms with Crippen LogP contribution in [-0.2, 0) is 4.74 Å². The standard InChI is InChI=1S/C11H18N2O2S/c1-11(2,3)15-10(14)13-4-6-7(5-13)8(6)9(12)16/h6-8H,4-5H2,1-3H3,(H2,12,16). The Labute approximate surface area is 101 Å². The third kappa shape index (κ3) is 2.14. The molecule has 5 heteroatoms. The molecule has 2 N–H and O–H groups in total. The molecule has 4 nitrogen and oxygen atoms in total. The SMILES string of the molecule is CC(C)(C)OC(=O)N1CC2C(C1)C2C(N)=S. The van der Waals surface area contributed by atoms with Gasteiger partial charge >= 0.3 is 6.09 Å². The van der Waals surface area contributed by atoms with Crippen LogP contribution in [0.25, 0.3) is 0 Å². The number of nitrogens with two attached hydrogens (primary N) is 1. The minimum absolute atomic E-state index is 0.221. The van der Waals surface area contributed by atoms with Crippen LogP contribution in [-0.4, -0.2) is 34.7 Å². The molecule has 1 aliphatic heterocycles. The summed E-state index contributed by atoms with van der Waals surface area (Å²) in [4.78, 5) is 14.1. The van der Waals surface area contributed by atoms with Crippen LogP contribution < -0.4 is 5.73 Å². The fraction of sp³-hybridized carbons (Fsp3) is 0.818. The molecule has 1 saturated carbocycles. The minimum Gasteiger partial charge on any atom is -0.444 e. The van der Waals surface area contributed by atoms with Gasteiger partial charge in [-0.2, -0.15) is 0 Å². The first-order chi connectivity index (χ1) is 7.29. The molecule has 2 atom stereocenters. The van der Waals surface area contributed by atoms with Gasteiger partial charge in [-0.15, -0.1) is 0 Å². The average Bonchev–Trinajstić information content (AvgIpc) is 2.60. The molecule has 2 aliphatic rings. The lowest BCUT2D eigenvalue weighted by Crippen LogP contribution is -2.37. The molecule has 16 heavy (non-hydrogen) atoms. The second-order valence-electron chi connectivity index (χ2n) is 5.64. The highest BCUT2D eigenvalue weighted by Crippen LogP contribution is 2.51. The van der Waals surface area contributed by atoms with Crippen LogP contribution in [0.4, 0.5) is 4.79 Å². The smallest absolute Gasteiger partial charge is 0.410 e. The molecule has 0 aromatic rings. The van der Waals surface area contributed by atoms with Crippen molar-refractivity contribution in [3.63, 3.8) is 0 Å². The summed E-state index contributed by atoms with van der Waals surface area (Å²) in [7, 11) is 0. The fourth-order valence-corrected chi connectivity index (χ4v) is 2.77. The second-order valence-corrected chi connectivity index (χ2v) is 6.11. The summed E-state index contributed by atoms with van der Waals surface area (Å²) in [5, 5.41) is 0. The Morgan fingerprint density at radius 1 is 1.38 bits per heavy atom. The number of rotatable bonds is 1. The largest absolute Gasteiger partial charge is 0.444 e. The number of hydrogen-bond donors (Lipinski definition) is 1. The molecule has 90 valence electrons. The number of carbonyl (C=O) groups excluding carboxylic acids is 1. The molecular weight excluding hydrogens is 224 g/mol. The zero-order chi connectivity index (χ0) is 12.1. The number of nitrogens with zero attached hydrogens (tertiary/aromatic N) is 1. The highest BCUT2D eigenvalue weighted by Gasteiger charge is 2.58. The summed E-state index contributed by atoms with van der Waals surface area (Å²) in [6, 6.07) is 0. The lowest BCUT2D eigenvalue weighted by atomic mass is 10.2. The van der Waals surface area contributed by atoms with Gasteiger partial charge in [0.05, 0.1) is 4.99 Å². The van der Waals surface area contributed by atoms with Gasteiger partial charge in [-0.3, -0.25) is 0 Å². The van der Waals surface area contributed by atoms with Gasteiger partial charge < -0.3 is 15.4 Å². The van der Waals surface area contributed by atoms with Crippen LogP contribution >= 0.6 is 12.2 Å². The monoisotopic (exact) mass is 242 g/mol. The Morgan fingerprint density at radius 2 is 1.88 bits per heavy atom. The zero-order valence-corrected chi connectivity index (χ0v) is 10.7. The molecule has 1 aliphatic carbocycles. The van der Waals surface area contributed by atoms with Gasteiger partial charge in [-0.25, -0.2) is 4.79 Å². The predicted octanol–water partition coefficient (Wildman–Crippen LogP) is 1.39. The summed E-state index contributed by atoms with van der Waals surface area (Å²) in [6.45, 7) is 7.10. The first-order valence-electron chi connectivity index (χ1n) is 5.57. The molecule has 2 rings (SSSR count). The second kappa shape index (κ2) is 3.58. The summed E-state index contributed by atoms with van der Waals surface area (Å²) < 4.78 is 5.31. The lowest BCUT2D eigenvalue weighted by Gasteiger charge is -2.25. The Morgan fingerprint density at radius 3 is 2.25 bits per heavy atom. The highest BCUT2D eigenvalue weighted by molar-refractivity contribution is 7.80. The third-order valence-corrected chi connectivity index (χ3v) is 3.45. The van der Waals surface area contributed by atoms with Gasteiger partial charge in [-0.05, 0) is 32.6 Å². The Balaban J connectivity index is 1.85. The number of likely N-dealkylation sites (tertiary alicyclic amines) is 1. The van der Waals surface area contributed by atoms with E-state index >= 15 is 0 Å². The van der Waals surface area contributed by atoms with Crippen LogP contribution in [0.2, 0.25) is 0 Å². The van der Waals surface area contributed by atoms with E-state index in [0.717, 1.165) is 13.1 Å². The zero-order valence-electron chi connectivity index (χ0n) is 9.90. The Kier molecular flexibility index (Phi) is 2.61. The van der Waals surface area contributed by atoms with Gasteiger partial charge in [-0.1, -0.05) is 12.2 Å². The van der Waals surface area contributed by atoms with Crippen molar-refractivity contribution in [1.29, 1.82) is 0 Å². The van der Waals surface area contributed by atoms with E-state index < -0.39 is 5.60 Å². The van der Waals surface area contributed by atoms with Crippen LogP contribution in [0, 0.1) is 17.8 Å². The highest BCUT2D eigenvalue weighted by atomic mass is 32.1. The maximum Gasteiger partial charge on any atom is 0.410 e. The van der Waals surface area contributed by atoms with E-state index in [-0.39, 0.29) is 6.09 Å². The number of thiocarbonyl (C=S) groups is 1. The minimum atomic E-state index is -0.424. The number of ether oxygens (including phenoxy) is 1. The maximum atomic E-state index is 11.7. The van der Waals surface area contributed by atoms with Gasteiger partial charge in [0.1, 0.15) is 5.60 Å². The van der Waals surface area contributed by atoms with Crippen molar-refractivity contribution >= 4 is 23.3 Å². The molecule has 2 unspecified atom stereocenters. The topological polar surface area (TPSA) is 55.6 Å². The van der Waals surface area contributed by atoms with Crippen LogP contribution in [0.3, 0.4) is 0 Å².